The first-order chi connectivity index (χ1) is 10.0. The molecule has 0 amide bonds. The van der Waals surface area contributed by atoms with Crippen LogP contribution < -0.4 is 5.32 Å². The summed E-state index contributed by atoms with van der Waals surface area (Å²) in [5.74, 6) is -1.66. The van der Waals surface area contributed by atoms with Crippen molar-refractivity contribution in [3.8, 4) is 0 Å². The molecule has 0 saturated heterocycles. The minimum atomic E-state index is -0.644. The molecule has 2 rings (SSSR count). The Bertz CT molecular complexity index is 631. The van der Waals surface area contributed by atoms with Crippen LogP contribution in [-0.2, 0) is 6.42 Å². The Balaban J connectivity index is 2.38. The summed E-state index contributed by atoms with van der Waals surface area (Å²) in [5.41, 5.74) is 0.344. The summed E-state index contributed by atoms with van der Waals surface area (Å²) in [4.78, 5) is 0. The van der Waals surface area contributed by atoms with Crippen molar-refractivity contribution in [1.82, 2.24) is 5.32 Å². The molecule has 5 heteroatoms. The van der Waals surface area contributed by atoms with Crippen LogP contribution in [0.4, 0.5) is 13.2 Å². The number of benzene rings is 2. The molecule has 112 valence electrons. The third-order valence-corrected chi connectivity index (χ3v) is 3.89. The van der Waals surface area contributed by atoms with Gasteiger partial charge in [0, 0.05) is 17.2 Å². The maximum atomic E-state index is 14.1. The van der Waals surface area contributed by atoms with Gasteiger partial charge in [-0.3, -0.25) is 0 Å². The molecule has 0 heterocycles. The number of halogens is 4. The summed E-state index contributed by atoms with van der Waals surface area (Å²) < 4.78 is 42.0. The van der Waals surface area contributed by atoms with Gasteiger partial charge >= 0.3 is 0 Å². The Morgan fingerprint density at radius 1 is 1.05 bits per heavy atom. The Morgan fingerprint density at radius 3 is 2.43 bits per heavy atom. The molecule has 0 bridgehead atoms. The van der Waals surface area contributed by atoms with Crippen molar-refractivity contribution in [2.24, 2.45) is 0 Å². The second-order valence-electron chi connectivity index (χ2n) is 4.66. The van der Waals surface area contributed by atoms with Gasteiger partial charge in [-0.1, -0.05) is 25.1 Å². The smallest absolute Gasteiger partial charge is 0.143 e. The standard InChI is InChI=1S/C16H15BrF3N/c1-2-21-15(10-5-3-4-6-13(10)18)9-11-14(19)8-7-12(17)16(11)20/h3-8,15,21H,2,9H2,1H3. The lowest BCUT2D eigenvalue weighted by Gasteiger charge is -2.20. The molecule has 2 aromatic carbocycles. The third kappa shape index (κ3) is 3.66. The molecule has 0 aliphatic rings. The van der Waals surface area contributed by atoms with Crippen molar-refractivity contribution in [3.63, 3.8) is 0 Å². The van der Waals surface area contributed by atoms with Gasteiger partial charge in [-0.25, -0.2) is 13.2 Å². The average molecular weight is 358 g/mol. The third-order valence-electron chi connectivity index (χ3n) is 3.28. The number of rotatable bonds is 5. The van der Waals surface area contributed by atoms with E-state index in [9.17, 15) is 13.2 Å². The van der Waals surface area contributed by atoms with E-state index in [0.717, 1.165) is 0 Å². The van der Waals surface area contributed by atoms with E-state index in [0.29, 0.717) is 12.1 Å². The molecule has 0 spiro atoms. The first-order valence-corrected chi connectivity index (χ1v) is 7.44. The van der Waals surface area contributed by atoms with Crippen LogP contribution in [0.1, 0.15) is 24.1 Å². The van der Waals surface area contributed by atoms with E-state index >= 15 is 0 Å². The summed E-state index contributed by atoms with van der Waals surface area (Å²) in [6.45, 7) is 2.43. The Kier molecular flexibility index (Phi) is 5.42. The fourth-order valence-electron chi connectivity index (χ4n) is 2.26. The van der Waals surface area contributed by atoms with E-state index in [1.807, 2.05) is 6.92 Å². The van der Waals surface area contributed by atoms with Gasteiger partial charge in [0.25, 0.3) is 0 Å². The van der Waals surface area contributed by atoms with Crippen molar-refractivity contribution in [3.05, 3.63) is 69.4 Å². The fourth-order valence-corrected chi connectivity index (χ4v) is 2.63. The van der Waals surface area contributed by atoms with E-state index in [1.165, 1.54) is 18.2 Å². The van der Waals surface area contributed by atoms with E-state index in [1.54, 1.807) is 18.2 Å². The van der Waals surface area contributed by atoms with Crippen LogP contribution in [0, 0.1) is 17.5 Å². The quantitative estimate of drug-likeness (QED) is 0.760. The van der Waals surface area contributed by atoms with Crippen molar-refractivity contribution in [1.29, 1.82) is 0 Å². The van der Waals surface area contributed by atoms with E-state index in [2.05, 4.69) is 21.2 Å². The number of hydrogen-bond donors (Lipinski definition) is 1. The average Bonchev–Trinajstić information content (AvgIpc) is 2.47. The molecule has 0 aliphatic carbocycles. The lowest BCUT2D eigenvalue weighted by Crippen LogP contribution is -2.24. The first-order valence-electron chi connectivity index (χ1n) is 6.64. The maximum Gasteiger partial charge on any atom is 0.143 e. The zero-order valence-corrected chi connectivity index (χ0v) is 13.1. The van der Waals surface area contributed by atoms with Gasteiger partial charge in [0.1, 0.15) is 17.5 Å². The fraction of sp³-hybridized carbons (Fsp3) is 0.250. The SMILES string of the molecule is CCNC(Cc1c(F)ccc(Br)c1F)c1ccccc1F. The lowest BCUT2D eigenvalue weighted by molar-refractivity contribution is 0.479. The summed E-state index contributed by atoms with van der Waals surface area (Å²) in [6, 6.07) is 8.28. The Morgan fingerprint density at radius 2 is 1.76 bits per heavy atom. The molecular formula is C16H15BrF3N. The van der Waals surface area contributed by atoms with Crippen LogP contribution in [0.25, 0.3) is 0 Å². The second-order valence-corrected chi connectivity index (χ2v) is 5.51. The lowest BCUT2D eigenvalue weighted by atomic mass is 9.97. The minimum Gasteiger partial charge on any atom is -0.310 e. The van der Waals surface area contributed by atoms with Gasteiger partial charge in [0.2, 0.25) is 0 Å². The van der Waals surface area contributed by atoms with Gasteiger partial charge in [-0.05, 0) is 47.1 Å². The van der Waals surface area contributed by atoms with Crippen molar-refractivity contribution < 1.29 is 13.2 Å². The molecule has 0 aromatic heterocycles. The molecule has 1 nitrogen and oxygen atoms in total. The number of hydrogen-bond acceptors (Lipinski definition) is 1. The van der Waals surface area contributed by atoms with Gasteiger partial charge < -0.3 is 5.32 Å². The molecule has 21 heavy (non-hydrogen) atoms. The first kappa shape index (κ1) is 16.0. The van der Waals surface area contributed by atoms with Crippen LogP contribution in [0.2, 0.25) is 0 Å². The van der Waals surface area contributed by atoms with E-state index in [4.69, 9.17) is 0 Å². The topological polar surface area (TPSA) is 12.0 Å². The summed E-state index contributed by atoms with van der Waals surface area (Å²) >= 11 is 3.04. The number of likely N-dealkylation sites (N-methyl/N-ethyl adjacent to an activating group) is 1. The van der Waals surface area contributed by atoms with Gasteiger partial charge in [-0.15, -0.1) is 0 Å². The van der Waals surface area contributed by atoms with Crippen molar-refractivity contribution >= 4 is 15.9 Å². The van der Waals surface area contributed by atoms with E-state index in [-0.39, 0.29) is 22.3 Å². The van der Waals surface area contributed by atoms with Gasteiger partial charge in [0.05, 0.1) is 4.47 Å². The molecule has 1 N–H and O–H groups in total. The molecule has 1 atom stereocenters. The van der Waals surface area contributed by atoms with Crippen molar-refractivity contribution in [2.75, 3.05) is 6.54 Å². The highest BCUT2D eigenvalue weighted by molar-refractivity contribution is 9.10. The largest absolute Gasteiger partial charge is 0.310 e. The zero-order chi connectivity index (χ0) is 15.4. The molecule has 0 fully saturated rings. The molecular weight excluding hydrogens is 343 g/mol. The van der Waals surface area contributed by atoms with Crippen molar-refractivity contribution in [2.45, 2.75) is 19.4 Å². The van der Waals surface area contributed by atoms with Crippen LogP contribution >= 0.6 is 15.9 Å². The molecule has 0 radical (unpaired) electrons. The van der Waals surface area contributed by atoms with Crippen LogP contribution in [0.15, 0.2) is 40.9 Å². The Labute approximate surface area is 130 Å². The van der Waals surface area contributed by atoms with Gasteiger partial charge in [-0.2, -0.15) is 0 Å². The summed E-state index contributed by atoms with van der Waals surface area (Å²) in [6.07, 6.45) is 0.0336. The molecule has 1 unspecified atom stereocenters. The second kappa shape index (κ2) is 7.09. The molecule has 0 aliphatic heterocycles. The highest BCUT2D eigenvalue weighted by atomic mass is 79.9. The zero-order valence-electron chi connectivity index (χ0n) is 11.5. The van der Waals surface area contributed by atoms with E-state index < -0.39 is 17.7 Å². The van der Waals surface area contributed by atoms with Gasteiger partial charge in [0.15, 0.2) is 0 Å². The summed E-state index contributed by atoms with van der Waals surface area (Å²) in [5, 5.41) is 3.07. The van der Waals surface area contributed by atoms with Crippen LogP contribution in [-0.4, -0.2) is 6.54 Å². The predicted molar refractivity (Wildman–Crippen MR) is 80.6 cm³/mol. The molecule has 0 saturated carbocycles. The number of nitrogens with one attached hydrogen (secondary N) is 1. The molecule has 2 aromatic rings. The van der Waals surface area contributed by atoms with Crippen LogP contribution in [0.3, 0.4) is 0 Å². The van der Waals surface area contributed by atoms with Crippen LogP contribution in [0.5, 0.6) is 0 Å². The minimum absolute atomic E-state index is 0.0336. The predicted octanol–water partition coefficient (Wildman–Crippen LogP) is 4.76. The summed E-state index contributed by atoms with van der Waals surface area (Å²) in [7, 11) is 0. The maximum absolute atomic E-state index is 14.1. The normalized spacial score (nSPS) is 12.4. The monoisotopic (exact) mass is 357 g/mol. The highest BCUT2D eigenvalue weighted by Gasteiger charge is 2.20. The Hall–Kier alpha value is -1.33. The highest BCUT2D eigenvalue weighted by Crippen LogP contribution is 2.27.